The first-order valence-corrected chi connectivity index (χ1v) is 8.68. The molecule has 1 saturated carbocycles. The van der Waals surface area contributed by atoms with Gasteiger partial charge < -0.3 is 10.6 Å². The molecule has 1 aliphatic heterocycles. The zero-order valence-corrected chi connectivity index (χ0v) is 12.2. The fourth-order valence-corrected chi connectivity index (χ4v) is 4.26. The van der Waals surface area contributed by atoms with Crippen molar-refractivity contribution in [2.75, 3.05) is 16.9 Å². The van der Waals surface area contributed by atoms with Gasteiger partial charge >= 0.3 is 0 Å². The molecule has 1 aliphatic carbocycles. The third-order valence-corrected chi connectivity index (χ3v) is 5.26. The Bertz CT molecular complexity index is 698. The quantitative estimate of drug-likeness (QED) is 0.830. The molecule has 0 aromatic heterocycles. The predicted octanol–water partition coefficient (Wildman–Crippen LogP) is 2.46. The van der Waals surface area contributed by atoms with Gasteiger partial charge in [0.15, 0.2) is 9.84 Å². The molecule has 1 aromatic rings. The number of benzene rings is 1. The van der Waals surface area contributed by atoms with Crippen LogP contribution in [0.25, 0.3) is 0 Å². The Kier molecular flexibility index (Phi) is 2.91. The Morgan fingerprint density at radius 3 is 2.50 bits per heavy atom. The number of nitrogens with one attached hydrogen (secondary N) is 2. The summed E-state index contributed by atoms with van der Waals surface area (Å²) in [5.41, 5.74) is 1.31. The van der Waals surface area contributed by atoms with E-state index in [4.69, 9.17) is 5.26 Å². The van der Waals surface area contributed by atoms with E-state index < -0.39 is 9.84 Å². The van der Waals surface area contributed by atoms with Crippen molar-refractivity contribution in [2.24, 2.45) is 0 Å². The fraction of sp³-hybridized carbons (Fsp3) is 0.500. The number of rotatable bonds is 1. The van der Waals surface area contributed by atoms with E-state index >= 15 is 0 Å². The molecule has 1 heterocycles. The lowest BCUT2D eigenvalue weighted by atomic mass is 9.89. The second-order valence-electron chi connectivity index (χ2n) is 5.64. The average Bonchev–Trinajstić information content (AvgIpc) is 2.74. The minimum Gasteiger partial charge on any atom is -0.361 e. The molecule has 1 fully saturated rings. The van der Waals surface area contributed by atoms with Crippen LogP contribution in [0.3, 0.4) is 0 Å². The topological polar surface area (TPSA) is 82.0 Å². The van der Waals surface area contributed by atoms with Crippen LogP contribution in [0.15, 0.2) is 17.0 Å². The van der Waals surface area contributed by atoms with Gasteiger partial charge in [-0.05, 0) is 37.8 Å². The first-order valence-electron chi connectivity index (χ1n) is 6.79. The van der Waals surface area contributed by atoms with Gasteiger partial charge in [-0.3, -0.25) is 0 Å². The summed E-state index contributed by atoms with van der Waals surface area (Å²) in [6.07, 6.45) is 6.53. The first-order chi connectivity index (χ1) is 9.45. The summed E-state index contributed by atoms with van der Waals surface area (Å²) in [6, 6.07) is 5.34. The van der Waals surface area contributed by atoms with Crippen LogP contribution in [0.2, 0.25) is 0 Å². The lowest BCUT2D eigenvalue weighted by molar-refractivity contribution is 0.367. The van der Waals surface area contributed by atoms with E-state index in [-0.39, 0.29) is 16.1 Å². The molecule has 1 aromatic carbocycles. The fourth-order valence-electron chi connectivity index (χ4n) is 3.22. The molecule has 0 bridgehead atoms. The number of hydrogen-bond donors (Lipinski definition) is 2. The SMILES string of the molecule is CS(=O)(=O)c1c(C#N)ccc2c1NC1(CCCCC1)N2. The molecule has 0 unspecified atom stereocenters. The van der Waals surface area contributed by atoms with Crippen LogP contribution in [0.4, 0.5) is 11.4 Å². The van der Waals surface area contributed by atoms with Gasteiger partial charge in [0.25, 0.3) is 0 Å². The summed E-state index contributed by atoms with van der Waals surface area (Å²) in [7, 11) is -3.45. The van der Waals surface area contributed by atoms with Crippen molar-refractivity contribution in [3.8, 4) is 6.07 Å². The van der Waals surface area contributed by atoms with E-state index in [0.29, 0.717) is 5.69 Å². The smallest absolute Gasteiger partial charge is 0.178 e. The highest BCUT2D eigenvalue weighted by molar-refractivity contribution is 7.91. The molecule has 6 heteroatoms. The lowest BCUT2D eigenvalue weighted by Gasteiger charge is -2.34. The van der Waals surface area contributed by atoms with Crippen molar-refractivity contribution in [2.45, 2.75) is 42.7 Å². The molecule has 3 rings (SSSR count). The highest BCUT2D eigenvalue weighted by Crippen LogP contribution is 2.45. The van der Waals surface area contributed by atoms with Crippen molar-refractivity contribution in [1.82, 2.24) is 0 Å². The van der Waals surface area contributed by atoms with Crippen LogP contribution in [0.1, 0.15) is 37.7 Å². The summed E-state index contributed by atoms with van der Waals surface area (Å²) in [4.78, 5) is 0.118. The van der Waals surface area contributed by atoms with Crippen molar-refractivity contribution >= 4 is 21.2 Å². The van der Waals surface area contributed by atoms with Gasteiger partial charge in [0.1, 0.15) is 16.6 Å². The standard InChI is InChI=1S/C14H17N3O2S/c1-20(18,19)13-10(9-15)5-6-11-12(13)17-14(16-11)7-3-2-4-8-14/h5-6,16-17H,2-4,7-8H2,1H3. The van der Waals surface area contributed by atoms with E-state index in [1.807, 2.05) is 6.07 Å². The Labute approximate surface area is 118 Å². The van der Waals surface area contributed by atoms with Gasteiger partial charge in [-0.1, -0.05) is 6.42 Å². The summed E-state index contributed by atoms with van der Waals surface area (Å²) < 4.78 is 24.0. The van der Waals surface area contributed by atoms with E-state index in [9.17, 15) is 8.42 Å². The van der Waals surface area contributed by atoms with Crippen LogP contribution in [0, 0.1) is 11.3 Å². The summed E-state index contributed by atoms with van der Waals surface area (Å²) >= 11 is 0. The van der Waals surface area contributed by atoms with Crippen LogP contribution < -0.4 is 10.6 Å². The number of fused-ring (bicyclic) bond motifs is 1. The van der Waals surface area contributed by atoms with Gasteiger partial charge in [0.2, 0.25) is 0 Å². The minimum atomic E-state index is -3.45. The molecular weight excluding hydrogens is 274 g/mol. The molecule has 0 atom stereocenters. The molecule has 0 radical (unpaired) electrons. The Hall–Kier alpha value is -1.74. The van der Waals surface area contributed by atoms with Gasteiger partial charge in [-0.2, -0.15) is 5.26 Å². The van der Waals surface area contributed by atoms with E-state index in [0.717, 1.165) is 37.6 Å². The molecular formula is C14H17N3O2S. The zero-order chi connectivity index (χ0) is 14.4. The molecule has 1 spiro atoms. The number of anilines is 2. The van der Waals surface area contributed by atoms with Crippen molar-refractivity contribution < 1.29 is 8.42 Å². The van der Waals surface area contributed by atoms with Gasteiger partial charge in [0, 0.05) is 6.26 Å². The molecule has 106 valence electrons. The van der Waals surface area contributed by atoms with Crippen molar-refractivity contribution in [3.05, 3.63) is 17.7 Å². The largest absolute Gasteiger partial charge is 0.361 e. The molecule has 20 heavy (non-hydrogen) atoms. The second-order valence-corrected chi connectivity index (χ2v) is 7.59. The maximum absolute atomic E-state index is 12.0. The van der Waals surface area contributed by atoms with Gasteiger partial charge in [-0.25, -0.2) is 8.42 Å². The van der Waals surface area contributed by atoms with E-state index in [1.165, 1.54) is 6.42 Å². The average molecular weight is 291 g/mol. The number of nitriles is 1. The molecule has 0 amide bonds. The van der Waals surface area contributed by atoms with Crippen molar-refractivity contribution in [3.63, 3.8) is 0 Å². The van der Waals surface area contributed by atoms with Crippen LogP contribution in [-0.4, -0.2) is 20.3 Å². The van der Waals surface area contributed by atoms with E-state index in [2.05, 4.69) is 10.6 Å². The Balaban J connectivity index is 2.12. The maximum atomic E-state index is 12.0. The zero-order valence-electron chi connectivity index (χ0n) is 11.4. The minimum absolute atomic E-state index is 0.118. The third kappa shape index (κ3) is 2.02. The highest BCUT2D eigenvalue weighted by atomic mass is 32.2. The molecule has 2 N–H and O–H groups in total. The lowest BCUT2D eigenvalue weighted by Crippen LogP contribution is -2.43. The van der Waals surface area contributed by atoms with E-state index in [1.54, 1.807) is 12.1 Å². The van der Waals surface area contributed by atoms with Crippen LogP contribution >= 0.6 is 0 Å². The Morgan fingerprint density at radius 2 is 1.90 bits per heavy atom. The summed E-state index contributed by atoms with van der Waals surface area (Å²) in [5.74, 6) is 0. The number of sulfone groups is 1. The third-order valence-electron chi connectivity index (χ3n) is 4.09. The van der Waals surface area contributed by atoms with Crippen LogP contribution in [-0.2, 0) is 9.84 Å². The Morgan fingerprint density at radius 1 is 1.20 bits per heavy atom. The van der Waals surface area contributed by atoms with Gasteiger partial charge in [0.05, 0.1) is 16.9 Å². The number of hydrogen-bond acceptors (Lipinski definition) is 5. The second kappa shape index (κ2) is 4.38. The summed E-state index contributed by atoms with van der Waals surface area (Å²) in [5, 5.41) is 15.9. The normalized spacial score (nSPS) is 19.8. The van der Waals surface area contributed by atoms with Gasteiger partial charge in [-0.15, -0.1) is 0 Å². The highest BCUT2D eigenvalue weighted by Gasteiger charge is 2.40. The van der Waals surface area contributed by atoms with Crippen LogP contribution in [0.5, 0.6) is 0 Å². The summed E-state index contributed by atoms with van der Waals surface area (Å²) in [6.45, 7) is 0. The molecule has 2 aliphatic rings. The predicted molar refractivity (Wildman–Crippen MR) is 77.3 cm³/mol. The first kappa shape index (κ1) is 13.3. The molecule has 5 nitrogen and oxygen atoms in total. The van der Waals surface area contributed by atoms with Crippen molar-refractivity contribution in [1.29, 1.82) is 5.26 Å². The maximum Gasteiger partial charge on any atom is 0.178 e. The monoisotopic (exact) mass is 291 g/mol. The molecule has 0 saturated heterocycles. The number of nitrogens with zero attached hydrogens (tertiary/aromatic N) is 1.